The van der Waals surface area contributed by atoms with Gasteiger partial charge in [0.25, 0.3) is 0 Å². The summed E-state index contributed by atoms with van der Waals surface area (Å²) >= 11 is 15.8. The van der Waals surface area contributed by atoms with Crippen molar-refractivity contribution in [1.82, 2.24) is 4.98 Å². The molecule has 0 aliphatic heterocycles. The smallest absolute Gasteiger partial charge is 0.0872 e. The van der Waals surface area contributed by atoms with E-state index in [1.54, 1.807) is 0 Å². The highest BCUT2D eigenvalue weighted by Crippen LogP contribution is 2.39. The van der Waals surface area contributed by atoms with Crippen LogP contribution < -0.4 is 5.32 Å². The highest BCUT2D eigenvalue weighted by Gasteiger charge is 2.15. The van der Waals surface area contributed by atoms with Gasteiger partial charge in [0.15, 0.2) is 0 Å². The molecule has 0 aliphatic rings. The van der Waals surface area contributed by atoms with Crippen molar-refractivity contribution < 1.29 is 0 Å². The van der Waals surface area contributed by atoms with Gasteiger partial charge in [-0.3, -0.25) is 0 Å². The number of aromatic nitrogens is 1. The molecule has 0 atom stereocenters. The van der Waals surface area contributed by atoms with E-state index in [9.17, 15) is 0 Å². The fourth-order valence-electron chi connectivity index (χ4n) is 2.79. The Morgan fingerprint density at radius 3 is 2.08 bits per heavy atom. The lowest BCUT2D eigenvalue weighted by Crippen LogP contribution is -1.97. The Kier molecular flexibility index (Phi) is 4.86. The van der Waals surface area contributed by atoms with E-state index in [-0.39, 0.29) is 0 Å². The van der Waals surface area contributed by atoms with Gasteiger partial charge < -0.3 is 5.32 Å². The van der Waals surface area contributed by atoms with Crippen LogP contribution in [0.3, 0.4) is 0 Å². The first-order valence-corrected chi connectivity index (χ1v) is 9.53. The molecule has 0 unspecified atom stereocenters. The standard InChI is InChI=1S/C21H13BrCl2N2/c22-19-20(13-5-7-14(23)8-6-13)26-18-4-2-1-3-17(18)21(19)25-16-11-9-15(24)10-12-16/h1-12H,(H,25,26). The maximum absolute atomic E-state index is 6.03. The maximum atomic E-state index is 6.03. The van der Waals surface area contributed by atoms with E-state index < -0.39 is 0 Å². The number of hydrogen-bond donors (Lipinski definition) is 1. The predicted molar refractivity (Wildman–Crippen MR) is 115 cm³/mol. The molecule has 0 saturated heterocycles. The average molecular weight is 444 g/mol. The summed E-state index contributed by atoms with van der Waals surface area (Å²) in [7, 11) is 0. The largest absolute Gasteiger partial charge is 0.354 e. The van der Waals surface area contributed by atoms with Crippen LogP contribution in [-0.4, -0.2) is 4.98 Å². The molecule has 0 bridgehead atoms. The molecule has 1 N–H and O–H groups in total. The van der Waals surface area contributed by atoms with Crippen molar-refractivity contribution in [3.05, 3.63) is 87.3 Å². The third-order valence-electron chi connectivity index (χ3n) is 4.06. The van der Waals surface area contributed by atoms with Crippen molar-refractivity contribution in [2.24, 2.45) is 0 Å². The van der Waals surface area contributed by atoms with Gasteiger partial charge in [-0.15, -0.1) is 0 Å². The van der Waals surface area contributed by atoms with E-state index in [0.29, 0.717) is 10.0 Å². The number of fused-ring (bicyclic) bond motifs is 1. The van der Waals surface area contributed by atoms with Crippen LogP contribution in [-0.2, 0) is 0 Å². The van der Waals surface area contributed by atoms with Crippen LogP contribution in [0.15, 0.2) is 77.3 Å². The van der Waals surface area contributed by atoms with Crippen molar-refractivity contribution in [3.63, 3.8) is 0 Å². The highest BCUT2D eigenvalue weighted by atomic mass is 79.9. The van der Waals surface area contributed by atoms with Crippen LogP contribution in [0, 0.1) is 0 Å². The van der Waals surface area contributed by atoms with Crippen molar-refractivity contribution in [2.75, 3.05) is 5.32 Å². The fourth-order valence-corrected chi connectivity index (χ4v) is 3.67. The first-order chi connectivity index (χ1) is 12.6. The second-order valence-electron chi connectivity index (χ2n) is 5.81. The Morgan fingerprint density at radius 1 is 0.769 bits per heavy atom. The zero-order chi connectivity index (χ0) is 18.1. The first kappa shape index (κ1) is 17.3. The topological polar surface area (TPSA) is 24.9 Å². The summed E-state index contributed by atoms with van der Waals surface area (Å²) < 4.78 is 0.897. The van der Waals surface area contributed by atoms with Gasteiger partial charge in [0.05, 0.1) is 21.4 Å². The number of nitrogens with one attached hydrogen (secondary N) is 1. The van der Waals surface area contributed by atoms with Gasteiger partial charge in [-0.1, -0.05) is 53.5 Å². The summed E-state index contributed by atoms with van der Waals surface area (Å²) in [4.78, 5) is 4.84. The van der Waals surface area contributed by atoms with Gasteiger partial charge in [-0.05, 0) is 58.4 Å². The quantitative estimate of drug-likeness (QED) is 0.350. The Balaban J connectivity index is 1.90. The number of halogens is 3. The van der Waals surface area contributed by atoms with Gasteiger partial charge >= 0.3 is 0 Å². The molecule has 128 valence electrons. The average Bonchev–Trinajstić information content (AvgIpc) is 2.66. The Morgan fingerprint density at radius 2 is 1.38 bits per heavy atom. The Labute approximate surface area is 169 Å². The van der Waals surface area contributed by atoms with Crippen LogP contribution in [0.2, 0.25) is 10.0 Å². The van der Waals surface area contributed by atoms with Gasteiger partial charge in [-0.25, -0.2) is 4.98 Å². The minimum absolute atomic E-state index is 0.699. The molecule has 0 spiro atoms. The predicted octanol–water partition coefficient (Wildman–Crippen LogP) is 7.71. The first-order valence-electron chi connectivity index (χ1n) is 7.98. The minimum atomic E-state index is 0.699. The molecular formula is C21H13BrCl2N2. The summed E-state index contributed by atoms with van der Waals surface area (Å²) in [5.41, 5.74) is 4.68. The number of pyridine rings is 1. The van der Waals surface area contributed by atoms with Gasteiger partial charge in [-0.2, -0.15) is 0 Å². The molecule has 5 heteroatoms. The number of nitrogens with zero attached hydrogens (tertiary/aromatic N) is 1. The summed E-state index contributed by atoms with van der Waals surface area (Å²) in [6.07, 6.45) is 0. The third kappa shape index (κ3) is 3.43. The number of hydrogen-bond acceptors (Lipinski definition) is 2. The minimum Gasteiger partial charge on any atom is -0.354 e. The second-order valence-corrected chi connectivity index (χ2v) is 7.47. The summed E-state index contributed by atoms with van der Waals surface area (Å²) in [6, 6.07) is 23.4. The van der Waals surface area contributed by atoms with Crippen molar-refractivity contribution in [2.45, 2.75) is 0 Å². The van der Waals surface area contributed by atoms with E-state index in [2.05, 4.69) is 27.3 Å². The Bertz CT molecular complexity index is 1080. The van der Waals surface area contributed by atoms with Gasteiger partial charge in [0.2, 0.25) is 0 Å². The number of anilines is 2. The molecule has 3 aromatic carbocycles. The normalized spacial score (nSPS) is 10.9. The SMILES string of the molecule is Clc1ccc(Nc2c(Br)c(-c3ccc(Cl)cc3)nc3ccccc23)cc1. The van der Waals surface area contributed by atoms with E-state index in [1.165, 1.54) is 0 Å². The van der Waals surface area contributed by atoms with Crippen LogP contribution in [0.25, 0.3) is 22.2 Å². The van der Waals surface area contributed by atoms with Crippen LogP contribution in [0.5, 0.6) is 0 Å². The molecule has 0 saturated carbocycles. The van der Waals surface area contributed by atoms with E-state index >= 15 is 0 Å². The van der Waals surface area contributed by atoms with E-state index in [1.807, 2.05) is 66.7 Å². The zero-order valence-corrected chi connectivity index (χ0v) is 16.6. The highest BCUT2D eigenvalue weighted by molar-refractivity contribution is 9.10. The van der Waals surface area contributed by atoms with Crippen LogP contribution >= 0.6 is 39.1 Å². The number of para-hydroxylation sites is 1. The number of benzene rings is 3. The van der Waals surface area contributed by atoms with Crippen molar-refractivity contribution in [3.8, 4) is 11.3 Å². The maximum Gasteiger partial charge on any atom is 0.0872 e. The molecular weight excluding hydrogens is 431 g/mol. The lowest BCUT2D eigenvalue weighted by atomic mass is 10.1. The van der Waals surface area contributed by atoms with Crippen molar-refractivity contribution in [1.29, 1.82) is 0 Å². The molecule has 0 radical (unpaired) electrons. The molecule has 0 aliphatic carbocycles. The summed E-state index contributed by atoms with van der Waals surface area (Å²) in [5.74, 6) is 0. The molecule has 2 nitrogen and oxygen atoms in total. The van der Waals surface area contributed by atoms with Crippen molar-refractivity contribution >= 4 is 61.4 Å². The lowest BCUT2D eigenvalue weighted by Gasteiger charge is -2.15. The zero-order valence-electron chi connectivity index (χ0n) is 13.5. The van der Waals surface area contributed by atoms with Gasteiger partial charge in [0, 0.05) is 26.7 Å². The molecule has 26 heavy (non-hydrogen) atoms. The lowest BCUT2D eigenvalue weighted by molar-refractivity contribution is 1.37. The molecule has 1 heterocycles. The fraction of sp³-hybridized carbons (Fsp3) is 0. The third-order valence-corrected chi connectivity index (χ3v) is 5.34. The molecule has 0 amide bonds. The van der Waals surface area contributed by atoms with E-state index in [4.69, 9.17) is 28.2 Å². The van der Waals surface area contributed by atoms with Crippen LogP contribution in [0.1, 0.15) is 0 Å². The summed E-state index contributed by atoms with van der Waals surface area (Å²) in [5, 5.41) is 5.93. The van der Waals surface area contributed by atoms with Crippen LogP contribution in [0.4, 0.5) is 11.4 Å². The Hall–Kier alpha value is -2.07. The van der Waals surface area contributed by atoms with Gasteiger partial charge in [0.1, 0.15) is 0 Å². The monoisotopic (exact) mass is 442 g/mol. The second kappa shape index (κ2) is 7.28. The molecule has 0 fully saturated rings. The molecule has 4 rings (SSSR count). The van der Waals surface area contributed by atoms with E-state index in [0.717, 1.165) is 38.0 Å². The molecule has 4 aromatic rings. The number of rotatable bonds is 3. The summed E-state index contributed by atoms with van der Waals surface area (Å²) in [6.45, 7) is 0. The molecule has 1 aromatic heterocycles.